The summed E-state index contributed by atoms with van der Waals surface area (Å²) in [5, 5.41) is 18.8. The molecule has 1 aliphatic rings. The van der Waals surface area contributed by atoms with Gasteiger partial charge in [0.15, 0.2) is 0 Å². The van der Waals surface area contributed by atoms with Crippen LogP contribution in [0.15, 0.2) is 11.2 Å². The standard InChI is InChI=1S/C13H14Cl2N6S/c1-5-11-8(19-18-5)2-6(3-9(11)20-21-13(16)17)7-4-10(14)22-12(7)15/h4,6H,2-3H2,1H3,(H,18,19)(H4,16,17,21). The maximum absolute atomic E-state index is 7.26. The topological polar surface area (TPSA) is 103 Å². The van der Waals surface area contributed by atoms with Crippen LogP contribution in [0.25, 0.3) is 0 Å². The Hall–Kier alpha value is -1.57. The first-order valence-electron chi connectivity index (χ1n) is 6.61. The number of aryl methyl sites for hydroxylation is 1. The quantitative estimate of drug-likeness (QED) is 0.377. The molecule has 116 valence electrons. The molecule has 22 heavy (non-hydrogen) atoms. The summed E-state index contributed by atoms with van der Waals surface area (Å²) in [6.45, 7) is 1.92. The lowest BCUT2D eigenvalue weighted by molar-refractivity contribution is 0.680. The van der Waals surface area contributed by atoms with Crippen molar-refractivity contribution in [2.75, 3.05) is 0 Å². The number of aromatic amines is 1. The van der Waals surface area contributed by atoms with E-state index < -0.39 is 0 Å². The van der Waals surface area contributed by atoms with Crippen LogP contribution in [0.3, 0.4) is 0 Å². The molecular formula is C13H14Cl2N6S. The SMILES string of the molecule is Cc1n[nH]c2c1C(=NNC(=N)N)CC(c1cc(Cl)sc1Cl)C2. The fraction of sp³-hybridized carbons (Fsp3) is 0.308. The molecule has 0 bridgehead atoms. The highest BCUT2D eigenvalue weighted by molar-refractivity contribution is 7.20. The third kappa shape index (κ3) is 2.84. The van der Waals surface area contributed by atoms with Gasteiger partial charge in [0.05, 0.1) is 20.1 Å². The van der Waals surface area contributed by atoms with E-state index in [-0.39, 0.29) is 11.9 Å². The largest absolute Gasteiger partial charge is 0.369 e. The molecule has 9 heteroatoms. The number of H-pyrrole nitrogens is 1. The second-order valence-electron chi connectivity index (χ2n) is 5.13. The van der Waals surface area contributed by atoms with Crippen LogP contribution < -0.4 is 11.2 Å². The van der Waals surface area contributed by atoms with E-state index in [1.165, 1.54) is 11.3 Å². The first kappa shape index (κ1) is 15.3. The van der Waals surface area contributed by atoms with Crippen LogP contribution in [0, 0.1) is 12.3 Å². The zero-order valence-electron chi connectivity index (χ0n) is 11.7. The number of rotatable bonds is 2. The predicted molar refractivity (Wildman–Crippen MR) is 90.3 cm³/mol. The van der Waals surface area contributed by atoms with Crippen LogP contribution >= 0.6 is 34.5 Å². The van der Waals surface area contributed by atoms with Crippen molar-refractivity contribution in [3.63, 3.8) is 0 Å². The molecule has 2 heterocycles. The third-order valence-corrected chi connectivity index (χ3v) is 5.15. The van der Waals surface area contributed by atoms with Gasteiger partial charge in [-0.05, 0) is 37.3 Å². The highest BCUT2D eigenvalue weighted by Crippen LogP contribution is 2.41. The van der Waals surface area contributed by atoms with Gasteiger partial charge < -0.3 is 5.73 Å². The molecule has 1 aliphatic carbocycles. The minimum Gasteiger partial charge on any atom is -0.369 e. The molecule has 0 saturated carbocycles. The van der Waals surface area contributed by atoms with Gasteiger partial charge in [0.2, 0.25) is 5.96 Å². The summed E-state index contributed by atoms with van der Waals surface area (Å²) in [6.07, 6.45) is 1.47. The molecule has 1 atom stereocenters. The van der Waals surface area contributed by atoms with Crippen molar-refractivity contribution >= 4 is 46.2 Å². The number of guanidine groups is 1. The monoisotopic (exact) mass is 356 g/mol. The molecule has 1 unspecified atom stereocenters. The fourth-order valence-electron chi connectivity index (χ4n) is 2.75. The summed E-state index contributed by atoms with van der Waals surface area (Å²) in [5.41, 5.74) is 12.5. The number of fused-ring (bicyclic) bond motifs is 1. The molecule has 2 aromatic heterocycles. The molecule has 0 aliphatic heterocycles. The van der Waals surface area contributed by atoms with E-state index in [1.807, 2.05) is 13.0 Å². The molecule has 5 N–H and O–H groups in total. The van der Waals surface area contributed by atoms with Gasteiger partial charge in [-0.3, -0.25) is 10.5 Å². The van der Waals surface area contributed by atoms with Crippen molar-refractivity contribution in [1.29, 1.82) is 5.41 Å². The van der Waals surface area contributed by atoms with E-state index >= 15 is 0 Å². The smallest absolute Gasteiger partial charge is 0.206 e. The van der Waals surface area contributed by atoms with Crippen LogP contribution in [-0.2, 0) is 6.42 Å². The number of nitrogens with two attached hydrogens (primary N) is 1. The number of hydrogen-bond donors (Lipinski definition) is 4. The van der Waals surface area contributed by atoms with Crippen molar-refractivity contribution in [2.45, 2.75) is 25.7 Å². The Labute approximate surface area is 141 Å². The van der Waals surface area contributed by atoms with Gasteiger partial charge in [-0.15, -0.1) is 11.3 Å². The van der Waals surface area contributed by atoms with Crippen molar-refractivity contribution in [3.05, 3.63) is 37.3 Å². The number of hydrogen-bond acceptors (Lipinski definition) is 4. The number of thiophene rings is 1. The number of hydrazone groups is 1. The zero-order valence-corrected chi connectivity index (χ0v) is 14.0. The summed E-state index contributed by atoms with van der Waals surface area (Å²) in [6, 6.07) is 1.91. The molecule has 0 aromatic carbocycles. The van der Waals surface area contributed by atoms with Crippen molar-refractivity contribution in [1.82, 2.24) is 15.6 Å². The maximum Gasteiger partial charge on any atom is 0.206 e. The Morgan fingerprint density at radius 1 is 1.55 bits per heavy atom. The minimum absolute atomic E-state index is 0.163. The molecule has 0 radical (unpaired) electrons. The van der Waals surface area contributed by atoms with Crippen molar-refractivity contribution < 1.29 is 0 Å². The molecule has 0 fully saturated rings. The van der Waals surface area contributed by atoms with Crippen LogP contribution in [0.5, 0.6) is 0 Å². The van der Waals surface area contributed by atoms with Crippen molar-refractivity contribution in [2.24, 2.45) is 10.8 Å². The van der Waals surface area contributed by atoms with E-state index in [2.05, 4.69) is 20.7 Å². The minimum atomic E-state index is -0.200. The Kier molecular flexibility index (Phi) is 4.12. The number of aromatic nitrogens is 2. The summed E-state index contributed by atoms with van der Waals surface area (Å²) in [4.78, 5) is 0. The average Bonchev–Trinajstić information content (AvgIpc) is 2.99. The first-order valence-corrected chi connectivity index (χ1v) is 8.18. The first-order chi connectivity index (χ1) is 10.5. The number of nitrogens with one attached hydrogen (secondary N) is 3. The summed E-state index contributed by atoms with van der Waals surface area (Å²) in [5.74, 6) is -0.0370. The zero-order chi connectivity index (χ0) is 15.9. The van der Waals surface area contributed by atoms with E-state index in [1.54, 1.807) is 0 Å². The van der Waals surface area contributed by atoms with Crippen LogP contribution in [-0.4, -0.2) is 21.9 Å². The Morgan fingerprint density at radius 2 is 2.32 bits per heavy atom. The molecule has 0 saturated heterocycles. The van der Waals surface area contributed by atoms with Crippen molar-refractivity contribution in [3.8, 4) is 0 Å². The van der Waals surface area contributed by atoms with E-state index in [0.717, 1.165) is 34.6 Å². The van der Waals surface area contributed by atoms with Gasteiger partial charge in [-0.2, -0.15) is 10.2 Å². The lowest BCUT2D eigenvalue weighted by Gasteiger charge is -2.23. The predicted octanol–water partition coefficient (Wildman–Crippen LogP) is 3.00. The van der Waals surface area contributed by atoms with Gasteiger partial charge in [-0.1, -0.05) is 23.2 Å². The number of halogens is 2. The van der Waals surface area contributed by atoms with Gasteiger partial charge in [0, 0.05) is 11.3 Å². The fourth-order valence-corrected chi connectivity index (χ4v) is 4.37. The normalized spacial score (nSPS) is 19.2. The number of nitrogens with zero attached hydrogens (tertiary/aromatic N) is 2. The lowest BCUT2D eigenvalue weighted by Crippen LogP contribution is -2.29. The molecule has 2 aromatic rings. The van der Waals surface area contributed by atoms with Gasteiger partial charge in [0.25, 0.3) is 0 Å². The van der Waals surface area contributed by atoms with Gasteiger partial charge in [-0.25, -0.2) is 5.43 Å². The molecule has 0 amide bonds. The lowest BCUT2D eigenvalue weighted by atomic mass is 9.82. The molecular weight excluding hydrogens is 343 g/mol. The van der Waals surface area contributed by atoms with Crippen LogP contribution in [0.1, 0.15) is 34.9 Å². The van der Waals surface area contributed by atoms with E-state index in [0.29, 0.717) is 15.1 Å². The second kappa shape index (κ2) is 5.91. The maximum atomic E-state index is 7.26. The average molecular weight is 357 g/mol. The van der Waals surface area contributed by atoms with Crippen LogP contribution in [0.2, 0.25) is 8.67 Å². The Morgan fingerprint density at radius 3 is 2.95 bits per heavy atom. The molecule has 6 nitrogen and oxygen atoms in total. The van der Waals surface area contributed by atoms with E-state index in [9.17, 15) is 0 Å². The summed E-state index contributed by atoms with van der Waals surface area (Å²) < 4.78 is 1.38. The molecule has 3 rings (SSSR count). The summed E-state index contributed by atoms with van der Waals surface area (Å²) in [7, 11) is 0. The van der Waals surface area contributed by atoms with Gasteiger partial charge in [0.1, 0.15) is 0 Å². The molecule has 0 spiro atoms. The van der Waals surface area contributed by atoms with Crippen LogP contribution in [0.4, 0.5) is 0 Å². The van der Waals surface area contributed by atoms with E-state index in [4.69, 9.17) is 34.3 Å². The second-order valence-corrected chi connectivity index (χ2v) is 7.42. The Balaban J connectivity index is 2.00. The Bertz CT molecular complexity index is 763. The highest BCUT2D eigenvalue weighted by atomic mass is 35.5. The van der Waals surface area contributed by atoms with Gasteiger partial charge >= 0.3 is 0 Å². The summed E-state index contributed by atoms with van der Waals surface area (Å²) >= 11 is 13.7. The third-order valence-electron chi connectivity index (χ3n) is 3.64. The highest BCUT2D eigenvalue weighted by Gasteiger charge is 2.30.